The van der Waals surface area contributed by atoms with Crippen molar-refractivity contribution in [2.75, 3.05) is 49.5 Å². The van der Waals surface area contributed by atoms with Gasteiger partial charge in [0.1, 0.15) is 0 Å². The molecule has 0 radical (unpaired) electrons. The Morgan fingerprint density at radius 2 is 2.06 bits per heavy atom. The van der Waals surface area contributed by atoms with Crippen LogP contribution in [0.1, 0.15) is 31.4 Å². The van der Waals surface area contributed by atoms with Gasteiger partial charge in [-0.15, -0.1) is 0 Å². The van der Waals surface area contributed by atoms with Crippen LogP contribution in [-0.2, 0) is 0 Å². The minimum absolute atomic E-state index is 0.166. The number of β-amino-alcohol motifs (C(OH)–C–C–N with tert-alkyl or cyclic N) is 1. The van der Waals surface area contributed by atoms with E-state index in [1.807, 2.05) is 13.0 Å². The summed E-state index contributed by atoms with van der Waals surface area (Å²) in [5, 5.41) is 13.4. The summed E-state index contributed by atoms with van der Waals surface area (Å²) in [6, 6.07) is 5.01. The van der Waals surface area contributed by atoms with E-state index in [1.165, 1.54) is 19.0 Å². The summed E-state index contributed by atoms with van der Waals surface area (Å²) >= 11 is 12.3. The van der Waals surface area contributed by atoms with Crippen molar-refractivity contribution in [3.05, 3.63) is 45.8 Å². The van der Waals surface area contributed by atoms with Crippen molar-refractivity contribution < 1.29 is 9.50 Å². The van der Waals surface area contributed by atoms with Crippen LogP contribution in [0.15, 0.2) is 24.4 Å². The molecule has 2 N–H and O–H groups in total. The van der Waals surface area contributed by atoms with Crippen LogP contribution >= 0.6 is 23.2 Å². The van der Waals surface area contributed by atoms with Gasteiger partial charge in [0.2, 0.25) is 5.95 Å². The van der Waals surface area contributed by atoms with E-state index >= 15 is 0 Å². The Balaban J connectivity index is 1.38. The van der Waals surface area contributed by atoms with Gasteiger partial charge >= 0.3 is 0 Å². The molecule has 2 atom stereocenters. The molecule has 0 aliphatic carbocycles. The quantitative estimate of drug-likeness (QED) is 0.634. The molecule has 0 saturated carbocycles. The minimum Gasteiger partial charge on any atom is -0.395 e. The molecule has 4 rings (SSSR count). The van der Waals surface area contributed by atoms with Gasteiger partial charge in [0.25, 0.3) is 0 Å². The Bertz CT molecular complexity index is 909. The second-order valence-electron chi connectivity index (χ2n) is 8.49. The molecule has 2 aliphatic heterocycles. The van der Waals surface area contributed by atoms with Gasteiger partial charge in [0.15, 0.2) is 11.6 Å². The number of halogens is 3. The Kier molecular flexibility index (Phi) is 7.16. The Hall–Kier alpha value is -1.67. The second-order valence-corrected chi connectivity index (χ2v) is 9.33. The van der Waals surface area contributed by atoms with E-state index in [0.29, 0.717) is 27.8 Å². The van der Waals surface area contributed by atoms with Crippen LogP contribution in [0.2, 0.25) is 10.0 Å². The third-order valence-electron chi connectivity index (χ3n) is 6.33. The molecule has 0 bridgehead atoms. The standard InChI is InChI=1S/C22H28Cl2FN5O/c1-14(18-5-4-17(23)9-19(18)24)27-21-20(25)10-26-22(28-21)30-12-16(13-30)15-3-2-6-29(11-15)7-8-31/h4-5,9-10,14-16,31H,2-3,6-8,11-13H2,1H3,(H,26,27,28)/t14-,15?/m1/s1. The minimum atomic E-state index is -0.496. The molecule has 9 heteroatoms. The molecule has 1 unspecified atom stereocenters. The number of rotatable bonds is 7. The van der Waals surface area contributed by atoms with Crippen molar-refractivity contribution in [3.8, 4) is 0 Å². The van der Waals surface area contributed by atoms with E-state index in [2.05, 4.69) is 25.1 Å². The highest BCUT2D eigenvalue weighted by Gasteiger charge is 2.37. The van der Waals surface area contributed by atoms with Crippen LogP contribution in [0.5, 0.6) is 0 Å². The second kappa shape index (κ2) is 9.86. The number of benzene rings is 1. The van der Waals surface area contributed by atoms with Crippen molar-refractivity contribution >= 4 is 35.0 Å². The number of aliphatic hydroxyl groups is 1. The normalized spacial score (nSPS) is 21.1. The Morgan fingerprint density at radius 1 is 1.26 bits per heavy atom. The molecular formula is C22H28Cl2FN5O. The monoisotopic (exact) mass is 467 g/mol. The molecule has 2 aliphatic rings. The zero-order chi connectivity index (χ0) is 22.0. The largest absolute Gasteiger partial charge is 0.395 e. The number of likely N-dealkylation sites (tertiary alicyclic amines) is 1. The average Bonchev–Trinajstić information content (AvgIpc) is 2.70. The molecular weight excluding hydrogens is 440 g/mol. The number of hydrogen-bond acceptors (Lipinski definition) is 6. The number of aromatic nitrogens is 2. The van der Waals surface area contributed by atoms with E-state index < -0.39 is 5.82 Å². The van der Waals surface area contributed by atoms with E-state index in [9.17, 15) is 9.50 Å². The lowest BCUT2D eigenvalue weighted by atomic mass is 9.81. The van der Waals surface area contributed by atoms with Gasteiger partial charge in [-0.3, -0.25) is 0 Å². The molecule has 2 aromatic rings. The maximum Gasteiger partial charge on any atom is 0.227 e. The molecule has 6 nitrogen and oxygen atoms in total. The number of nitrogens with zero attached hydrogens (tertiary/aromatic N) is 4. The first-order valence-corrected chi connectivity index (χ1v) is 11.5. The van der Waals surface area contributed by atoms with Crippen LogP contribution in [-0.4, -0.2) is 59.3 Å². The third kappa shape index (κ3) is 5.22. The van der Waals surface area contributed by atoms with Crippen LogP contribution in [0.25, 0.3) is 0 Å². The number of hydrogen-bond donors (Lipinski definition) is 2. The van der Waals surface area contributed by atoms with E-state index in [1.54, 1.807) is 12.1 Å². The van der Waals surface area contributed by atoms with Crippen molar-refractivity contribution in [1.29, 1.82) is 0 Å². The molecule has 0 spiro atoms. The van der Waals surface area contributed by atoms with Gasteiger partial charge in [0, 0.05) is 36.2 Å². The van der Waals surface area contributed by atoms with E-state index in [4.69, 9.17) is 23.2 Å². The van der Waals surface area contributed by atoms with Gasteiger partial charge in [-0.1, -0.05) is 29.3 Å². The lowest BCUT2D eigenvalue weighted by molar-refractivity contribution is 0.101. The summed E-state index contributed by atoms with van der Waals surface area (Å²) in [6.07, 6.45) is 3.61. The number of piperidine rings is 1. The van der Waals surface area contributed by atoms with Crippen molar-refractivity contribution in [1.82, 2.24) is 14.9 Å². The first kappa shape index (κ1) is 22.5. The van der Waals surface area contributed by atoms with Crippen LogP contribution < -0.4 is 10.2 Å². The summed E-state index contributed by atoms with van der Waals surface area (Å²) in [7, 11) is 0. The molecule has 3 heterocycles. The summed E-state index contributed by atoms with van der Waals surface area (Å²) < 4.78 is 14.4. The summed E-state index contributed by atoms with van der Waals surface area (Å²) in [6.45, 7) is 6.72. The maximum absolute atomic E-state index is 14.4. The van der Waals surface area contributed by atoms with Gasteiger partial charge < -0.3 is 20.2 Å². The zero-order valence-corrected chi connectivity index (χ0v) is 19.1. The topological polar surface area (TPSA) is 64.5 Å². The lowest BCUT2D eigenvalue weighted by Gasteiger charge is -2.46. The molecule has 168 valence electrons. The molecule has 0 amide bonds. The van der Waals surface area contributed by atoms with Crippen molar-refractivity contribution in [2.24, 2.45) is 11.8 Å². The average molecular weight is 468 g/mol. The fourth-order valence-corrected chi connectivity index (χ4v) is 5.11. The Morgan fingerprint density at radius 3 is 2.81 bits per heavy atom. The van der Waals surface area contributed by atoms with Crippen LogP contribution in [0, 0.1) is 17.7 Å². The summed E-state index contributed by atoms with van der Waals surface area (Å²) in [4.78, 5) is 13.1. The molecule has 1 aromatic heterocycles. The molecule has 2 saturated heterocycles. The van der Waals surface area contributed by atoms with E-state index in [-0.39, 0.29) is 18.5 Å². The fourth-order valence-electron chi connectivity index (χ4n) is 4.54. The number of aliphatic hydroxyl groups excluding tert-OH is 1. The van der Waals surface area contributed by atoms with Gasteiger partial charge in [0.05, 0.1) is 18.8 Å². The number of anilines is 2. The molecule has 2 fully saturated rings. The van der Waals surface area contributed by atoms with Gasteiger partial charge in [-0.25, -0.2) is 9.37 Å². The predicted octanol–water partition coefficient (Wildman–Crippen LogP) is 4.24. The number of nitrogens with one attached hydrogen (secondary N) is 1. The van der Waals surface area contributed by atoms with E-state index in [0.717, 1.165) is 38.3 Å². The van der Waals surface area contributed by atoms with Gasteiger partial charge in [-0.2, -0.15) is 4.98 Å². The SMILES string of the molecule is C[C@@H](Nc1nc(N2CC(C3CCCN(CCO)C3)C2)ncc1F)c1ccc(Cl)cc1Cl. The highest BCUT2D eigenvalue weighted by Crippen LogP contribution is 2.34. The summed E-state index contributed by atoms with van der Waals surface area (Å²) in [5.41, 5.74) is 0.819. The first-order chi connectivity index (χ1) is 14.9. The highest BCUT2D eigenvalue weighted by atomic mass is 35.5. The maximum atomic E-state index is 14.4. The van der Waals surface area contributed by atoms with Gasteiger partial charge in [-0.05, 0) is 55.8 Å². The smallest absolute Gasteiger partial charge is 0.227 e. The lowest BCUT2D eigenvalue weighted by Crippen LogP contribution is -2.54. The predicted molar refractivity (Wildman–Crippen MR) is 122 cm³/mol. The Labute approximate surface area is 192 Å². The highest BCUT2D eigenvalue weighted by molar-refractivity contribution is 6.35. The summed E-state index contributed by atoms with van der Waals surface area (Å²) in [5.74, 6) is 1.42. The fraction of sp³-hybridized carbons (Fsp3) is 0.545. The van der Waals surface area contributed by atoms with Crippen LogP contribution in [0.3, 0.4) is 0 Å². The molecule has 31 heavy (non-hydrogen) atoms. The zero-order valence-electron chi connectivity index (χ0n) is 17.6. The van der Waals surface area contributed by atoms with Crippen LogP contribution in [0.4, 0.5) is 16.2 Å². The van der Waals surface area contributed by atoms with Crippen molar-refractivity contribution in [2.45, 2.75) is 25.8 Å². The van der Waals surface area contributed by atoms with Crippen molar-refractivity contribution in [3.63, 3.8) is 0 Å². The first-order valence-electron chi connectivity index (χ1n) is 10.8. The molecule has 1 aromatic carbocycles. The third-order valence-corrected chi connectivity index (χ3v) is 6.89.